The molecule has 1 aromatic rings. The highest BCUT2D eigenvalue weighted by Gasteiger charge is 2.27. The van der Waals surface area contributed by atoms with Gasteiger partial charge in [0.2, 0.25) is 10.0 Å². The minimum absolute atomic E-state index is 0.0124. The molecule has 0 aliphatic heterocycles. The quantitative estimate of drug-likeness (QED) is 0.623. The molecule has 1 unspecified atom stereocenters. The molecule has 1 rings (SSSR count). The molecule has 0 radical (unpaired) electrons. The molecule has 2 N–H and O–H groups in total. The first kappa shape index (κ1) is 19.4. The second-order valence-electron chi connectivity index (χ2n) is 5.20. The Labute approximate surface area is 136 Å². The Morgan fingerprint density at radius 1 is 1.22 bits per heavy atom. The van der Waals surface area contributed by atoms with Crippen LogP contribution in [0.25, 0.3) is 0 Å². The van der Waals surface area contributed by atoms with Crippen LogP contribution in [0.15, 0.2) is 29.2 Å². The molecule has 1 atom stereocenters. The fraction of sp³-hybridized carbons (Fsp3) is 0.533. The summed E-state index contributed by atoms with van der Waals surface area (Å²) < 4.78 is 37.2. The van der Waals surface area contributed by atoms with Crippen molar-refractivity contribution in [2.24, 2.45) is 5.92 Å². The predicted molar refractivity (Wildman–Crippen MR) is 85.0 cm³/mol. The van der Waals surface area contributed by atoms with Crippen LogP contribution in [0, 0.1) is 5.92 Å². The molecule has 7 nitrogen and oxygen atoms in total. The first-order valence-electron chi connectivity index (χ1n) is 7.33. The van der Waals surface area contributed by atoms with E-state index in [4.69, 9.17) is 14.6 Å². The number of hydrogen-bond donors (Lipinski definition) is 2. The van der Waals surface area contributed by atoms with E-state index in [9.17, 15) is 13.2 Å². The summed E-state index contributed by atoms with van der Waals surface area (Å²) in [4.78, 5) is 11.1. The molecule has 1 aromatic carbocycles. The van der Waals surface area contributed by atoms with E-state index in [0.717, 1.165) is 0 Å². The number of benzene rings is 1. The lowest BCUT2D eigenvalue weighted by molar-refractivity contribution is -0.140. The topological polar surface area (TPSA) is 102 Å². The zero-order chi connectivity index (χ0) is 17.5. The standard InChI is InChI=1S/C15H23NO6S/c1-4-21-9-10-22-12-5-7-13(8-6-12)23(19,20)16-14(11(2)3)15(17)18/h5-8,11,14,16H,4,9-10H2,1-3H3,(H,17,18). The molecule has 0 aromatic heterocycles. The first-order chi connectivity index (χ1) is 10.8. The minimum atomic E-state index is -3.91. The van der Waals surface area contributed by atoms with Crippen molar-refractivity contribution in [2.45, 2.75) is 31.7 Å². The van der Waals surface area contributed by atoms with Gasteiger partial charge in [0.25, 0.3) is 0 Å². The van der Waals surface area contributed by atoms with Crippen molar-refractivity contribution in [3.05, 3.63) is 24.3 Å². The normalized spacial score (nSPS) is 13.0. The van der Waals surface area contributed by atoms with Crippen molar-refractivity contribution in [2.75, 3.05) is 19.8 Å². The highest BCUT2D eigenvalue weighted by molar-refractivity contribution is 7.89. The van der Waals surface area contributed by atoms with Crippen LogP contribution in [0.2, 0.25) is 0 Å². The second kappa shape index (κ2) is 8.85. The minimum Gasteiger partial charge on any atom is -0.491 e. The molecule has 0 heterocycles. The van der Waals surface area contributed by atoms with Crippen molar-refractivity contribution in [1.29, 1.82) is 0 Å². The van der Waals surface area contributed by atoms with Gasteiger partial charge in [0, 0.05) is 6.61 Å². The number of nitrogens with one attached hydrogen (secondary N) is 1. The molecule has 0 spiro atoms. The van der Waals surface area contributed by atoms with Gasteiger partial charge in [0.1, 0.15) is 18.4 Å². The van der Waals surface area contributed by atoms with Gasteiger partial charge >= 0.3 is 5.97 Å². The van der Waals surface area contributed by atoms with Crippen LogP contribution in [0.4, 0.5) is 0 Å². The summed E-state index contributed by atoms with van der Waals surface area (Å²) in [5.41, 5.74) is 0. The van der Waals surface area contributed by atoms with Crippen molar-refractivity contribution in [3.63, 3.8) is 0 Å². The molecular weight excluding hydrogens is 322 g/mol. The summed E-state index contributed by atoms with van der Waals surface area (Å²) in [7, 11) is -3.91. The summed E-state index contributed by atoms with van der Waals surface area (Å²) in [6, 6.07) is 4.61. The number of carboxylic acid groups (broad SMARTS) is 1. The average Bonchev–Trinajstić information content (AvgIpc) is 2.49. The molecule has 0 bridgehead atoms. The van der Waals surface area contributed by atoms with Gasteiger partial charge < -0.3 is 14.6 Å². The fourth-order valence-electron chi connectivity index (χ4n) is 1.78. The van der Waals surface area contributed by atoms with Crippen molar-refractivity contribution in [3.8, 4) is 5.75 Å². The second-order valence-corrected chi connectivity index (χ2v) is 6.91. The van der Waals surface area contributed by atoms with E-state index in [0.29, 0.717) is 25.6 Å². The zero-order valence-electron chi connectivity index (χ0n) is 13.5. The first-order valence-corrected chi connectivity index (χ1v) is 8.82. The van der Waals surface area contributed by atoms with Crippen LogP contribution >= 0.6 is 0 Å². The zero-order valence-corrected chi connectivity index (χ0v) is 14.3. The Hall–Kier alpha value is -1.64. The monoisotopic (exact) mass is 345 g/mol. The van der Waals surface area contributed by atoms with Crippen LogP contribution in [0.5, 0.6) is 5.75 Å². The van der Waals surface area contributed by atoms with Gasteiger partial charge in [-0.1, -0.05) is 13.8 Å². The van der Waals surface area contributed by atoms with Crippen LogP contribution in [-0.4, -0.2) is 45.4 Å². The Morgan fingerprint density at radius 3 is 2.30 bits per heavy atom. The molecular formula is C15H23NO6S. The third-order valence-corrected chi connectivity index (χ3v) is 4.51. The number of carboxylic acids is 1. The van der Waals surface area contributed by atoms with Gasteiger partial charge in [0.15, 0.2) is 0 Å². The molecule has 0 aliphatic carbocycles. The lowest BCUT2D eigenvalue weighted by Gasteiger charge is -2.18. The van der Waals surface area contributed by atoms with Crippen LogP contribution in [0.3, 0.4) is 0 Å². The summed E-state index contributed by atoms with van der Waals surface area (Å²) in [6.07, 6.45) is 0. The number of carbonyl (C=O) groups is 1. The highest BCUT2D eigenvalue weighted by Crippen LogP contribution is 2.17. The number of ether oxygens (including phenoxy) is 2. The summed E-state index contributed by atoms with van der Waals surface area (Å²) >= 11 is 0. The number of rotatable bonds is 10. The Bertz CT molecular complexity index is 597. The van der Waals surface area contributed by atoms with Crippen LogP contribution in [0.1, 0.15) is 20.8 Å². The van der Waals surface area contributed by atoms with Gasteiger partial charge in [-0.25, -0.2) is 8.42 Å². The maximum Gasteiger partial charge on any atom is 0.322 e. The lowest BCUT2D eigenvalue weighted by Crippen LogP contribution is -2.44. The van der Waals surface area contributed by atoms with Gasteiger partial charge in [-0.15, -0.1) is 0 Å². The SMILES string of the molecule is CCOCCOc1ccc(S(=O)(=O)NC(C(=O)O)C(C)C)cc1. The van der Waals surface area contributed by atoms with Gasteiger partial charge in [-0.3, -0.25) is 4.79 Å². The van der Waals surface area contributed by atoms with E-state index in [1.807, 2.05) is 6.92 Å². The van der Waals surface area contributed by atoms with Crippen molar-refractivity contribution in [1.82, 2.24) is 4.72 Å². The van der Waals surface area contributed by atoms with Crippen molar-refractivity contribution < 1.29 is 27.8 Å². The van der Waals surface area contributed by atoms with Crippen LogP contribution < -0.4 is 9.46 Å². The Kier molecular flexibility index (Phi) is 7.47. The number of aliphatic carboxylic acids is 1. The molecule has 0 fully saturated rings. The Balaban J connectivity index is 2.75. The maximum absolute atomic E-state index is 12.2. The molecule has 0 saturated heterocycles. The lowest BCUT2D eigenvalue weighted by atomic mass is 10.1. The molecule has 8 heteroatoms. The Morgan fingerprint density at radius 2 is 1.83 bits per heavy atom. The molecule has 23 heavy (non-hydrogen) atoms. The summed E-state index contributed by atoms with van der Waals surface area (Å²) in [5, 5.41) is 9.08. The average molecular weight is 345 g/mol. The third-order valence-electron chi connectivity index (χ3n) is 3.05. The fourth-order valence-corrected chi connectivity index (χ4v) is 3.12. The molecule has 0 amide bonds. The van der Waals surface area contributed by atoms with Gasteiger partial charge in [-0.2, -0.15) is 4.72 Å². The van der Waals surface area contributed by atoms with E-state index in [2.05, 4.69) is 4.72 Å². The number of hydrogen-bond acceptors (Lipinski definition) is 5. The third kappa shape index (κ3) is 6.17. The molecule has 0 saturated carbocycles. The van der Waals surface area contributed by atoms with E-state index in [-0.39, 0.29) is 10.8 Å². The van der Waals surface area contributed by atoms with Crippen molar-refractivity contribution >= 4 is 16.0 Å². The smallest absolute Gasteiger partial charge is 0.322 e. The van der Waals surface area contributed by atoms with E-state index < -0.39 is 22.0 Å². The van der Waals surface area contributed by atoms with E-state index in [1.165, 1.54) is 24.3 Å². The summed E-state index contributed by atoms with van der Waals surface area (Å²) in [5.74, 6) is -1.06. The van der Waals surface area contributed by atoms with E-state index >= 15 is 0 Å². The van der Waals surface area contributed by atoms with Gasteiger partial charge in [-0.05, 0) is 37.1 Å². The van der Waals surface area contributed by atoms with Gasteiger partial charge in [0.05, 0.1) is 11.5 Å². The highest BCUT2D eigenvalue weighted by atomic mass is 32.2. The molecule has 0 aliphatic rings. The largest absolute Gasteiger partial charge is 0.491 e. The van der Waals surface area contributed by atoms with Crippen LogP contribution in [-0.2, 0) is 19.6 Å². The predicted octanol–water partition coefficient (Wildman–Crippen LogP) is 1.49. The maximum atomic E-state index is 12.2. The molecule has 130 valence electrons. The summed E-state index contributed by atoms with van der Waals surface area (Å²) in [6.45, 7) is 6.58. The van der Waals surface area contributed by atoms with E-state index in [1.54, 1.807) is 13.8 Å². The number of sulfonamides is 1.